The maximum Gasteiger partial charge on any atom is 0.145 e. The minimum atomic E-state index is -0.372. The molecule has 1 atom stereocenters. The zero-order chi connectivity index (χ0) is 13.2. The van der Waals surface area contributed by atoms with Gasteiger partial charge in [0, 0.05) is 0 Å². The lowest BCUT2D eigenvalue weighted by Crippen LogP contribution is -2.11. The van der Waals surface area contributed by atoms with Gasteiger partial charge in [-0.2, -0.15) is 0 Å². The summed E-state index contributed by atoms with van der Waals surface area (Å²) >= 11 is 0. The van der Waals surface area contributed by atoms with Crippen molar-refractivity contribution in [1.29, 1.82) is 0 Å². The number of hydrogen-bond acceptors (Lipinski definition) is 5. The molecule has 1 unspecified atom stereocenters. The third-order valence-electron chi connectivity index (χ3n) is 3.54. The van der Waals surface area contributed by atoms with E-state index < -0.39 is 0 Å². The van der Waals surface area contributed by atoms with Crippen LogP contribution in [0.3, 0.4) is 0 Å². The SMILES string of the molecule is Cc1nonc1COc1cccc2c1CCCC2O. The molecule has 0 saturated carbocycles. The first kappa shape index (κ1) is 12.2. The van der Waals surface area contributed by atoms with Gasteiger partial charge in [0.15, 0.2) is 0 Å². The number of aryl methyl sites for hydroxylation is 1. The lowest BCUT2D eigenvalue weighted by Gasteiger charge is -2.23. The molecule has 5 nitrogen and oxygen atoms in total. The molecule has 19 heavy (non-hydrogen) atoms. The molecule has 0 radical (unpaired) electrons. The second-order valence-electron chi connectivity index (χ2n) is 4.82. The van der Waals surface area contributed by atoms with Crippen LogP contribution in [0.2, 0.25) is 0 Å². The average Bonchev–Trinajstić information content (AvgIpc) is 2.82. The maximum atomic E-state index is 9.99. The molecule has 1 N–H and O–H groups in total. The third kappa shape index (κ3) is 2.33. The largest absolute Gasteiger partial charge is 0.487 e. The fraction of sp³-hybridized carbons (Fsp3) is 0.429. The summed E-state index contributed by atoms with van der Waals surface area (Å²) < 4.78 is 10.4. The van der Waals surface area contributed by atoms with E-state index in [1.165, 1.54) is 0 Å². The summed E-state index contributed by atoms with van der Waals surface area (Å²) in [4.78, 5) is 0. The minimum absolute atomic E-state index is 0.335. The first-order valence-corrected chi connectivity index (χ1v) is 6.46. The monoisotopic (exact) mass is 260 g/mol. The molecule has 0 fully saturated rings. The summed E-state index contributed by atoms with van der Waals surface area (Å²) in [6.45, 7) is 2.17. The van der Waals surface area contributed by atoms with Gasteiger partial charge in [-0.15, -0.1) is 0 Å². The molecule has 0 amide bonds. The van der Waals surface area contributed by atoms with E-state index in [1.807, 2.05) is 25.1 Å². The van der Waals surface area contributed by atoms with Crippen LogP contribution in [0.25, 0.3) is 0 Å². The summed E-state index contributed by atoms with van der Waals surface area (Å²) in [5.74, 6) is 0.818. The van der Waals surface area contributed by atoms with Gasteiger partial charge in [0.2, 0.25) is 0 Å². The second-order valence-corrected chi connectivity index (χ2v) is 4.82. The second kappa shape index (κ2) is 5.01. The number of rotatable bonds is 3. The van der Waals surface area contributed by atoms with E-state index in [0.29, 0.717) is 12.3 Å². The molecule has 1 aliphatic rings. The van der Waals surface area contributed by atoms with Crippen molar-refractivity contribution < 1.29 is 14.5 Å². The van der Waals surface area contributed by atoms with Gasteiger partial charge in [-0.05, 0) is 43.4 Å². The minimum Gasteiger partial charge on any atom is -0.487 e. The van der Waals surface area contributed by atoms with Crippen LogP contribution >= 0.6 is 0 Å². The lowest BCUT2D eigenvalue weighted by molar-refractivity contribution is 0.155. The lowest BCUT2D eigenvalue weighted by atomic mass is 9.89. The number of hydrogen-bond donors (Lipinski definition) is 1. The Labute approximate surface area is 111 Å². The van der Waals surface area contributed by atoms with E-state index in [4.69, 9.17) is 4.74 Å². The Bertz CT molecular complexity index is 580. The van der Waals surface area contributed by atoms with Gasteiger partial charge in [-0.25, -0.2) is 4.63 Å². The highest BCUT2D eigenvalue weighted by atomic mass is 16.6. The molecule has 5 heteroatoms. The molecular weight excluding hydrogens is 244 g/mol. The summed E-state index contributed by atoms with van der Waals surface area (Å²) in [6, 6.07) is 5.81. The van der Waals surface area contributed by atoms with E-state index in [9.17, 15) is 5.11 Å². The molecule has 2 aromatic rings. The van der Waals surface area contributed by atoms with Crippen LogP contribution in [0, 0.1) is 6.92 Å². The van der Waals surface area contributed by atoms with Crippen molar-refractivity contribution in [1.82, 2.24) is 10.3 Å². The van der Waals surface area contributed by atoms with E-state index in [-0.39, 0.29) is 6.10 Å². The van der Waals surface area contributed by atoms with Gasteiger partial charge in [-0.3, -0.25) is 0 Å². The number of nitrogens with zero attached hydrogens (tertiary/aromatic N) is 2. The van der Waals surface area contributed by atoms with Gasteiger partial charge in [0.1, 0.15) is 23.7 Å². The predicted molar refractivity (Wildman–Crippen MR) is 67.7 cm³/mol. The van der Waals surface area contributed by atoms with Gasteiger partial charge in [0.25, 0.3) is 0 Å². The molecule has 3 rings (SSSR count). The highest BCUT2D eigenvalue weighted by Crippen LogP contribution is 2.35. The first-order chi connectivity index (χ1) is 9.25. The van der Waals surface area contributed by atoms with Gasteiger partial charge < -0.3 is 9.84 Å². The quantitative estimate of drug-likeness (QED) is 0.917. The summed E-state index contributed by atoms with van der Waals surface area (Å²) in [6.07, 6.45) is 2.38. The van der Waals surface area contributed by atoms with Gasteiger partial charge in [0.05, 0.1) is 6.10 Å². The normalized spacial score (nSPS) is 18.1. The van der Waals surface area contributed by atoms with Crippen LogP contribution in [0.5, 0.6) is 5.75 Å². The highest BCUT2D eigenvalue weighted by Gasteiger charge is 2.21. The van der Waals surface area contributed by atoms with E-state index >= 15 is 0 Å². The molecule has 1 heterocycles. The van der Waals surface area contributed by atoms with Crippen molar-refractivity contribution >= 4 is 0 Å². The Morgan fingerprint density at radius 2 is 2.32 bits per heavy atom. The predicted octanol–water partition coefficient (Wildman–Crippen LogP) is 2.33. The number of aliphatic hydroxyl groups is 1. The van der Waals surface area contributed by atoms with Crippen molar-refractivity contribution in [2.45, 2.75) is 38.9 Å². The molecule has 100 valence electrons. The van der Waals surface area contributed by atoms with Crippen LogP contribution in [0.4, 0.5) is 0 Å². The zero-order valence-electron chi connectivity index (χ0n) is 10.8. The van der Waals surface area contributed by atoms with Crippen molar-refractivity contribution in [3.63, 3.8) is 0 Å². The maximum absolute atomic E-state index is 9.99. The van der Waals surface area contributed by atoms with Crippen molar-refractivity contribution in [3.8, 4) is 5.75 Å². The topological polar surface area (TPSA) is 68.4 Å². The molecule has 1 aromatic carbocycles. The Morgan fingerprint density at radius 1 is 1.42 bits per heavy atom. The van der Waals surface area contributed by atoms with Crippen LogP contribution in [0.15, 0.2) is 22.8 Å². The summed E-state index contributed by atoms with van der Waals surface area (Å²) in [5.41, 5.74) is 3.54. The number of ether oxygens (including phenoxy) is 1. The van der Waals surface area contributed by atoms with E-state index in [2.05, 4.69) is 14.9 Å². The first-order valence-electron chi connectivity index (χ1n) is 6.46. The number of benzene rings is 1. The fourth-order valence-corrected chi connectivity index (χ4v) is 2.45. The number of fused-ring (bicyclic) bond motifs is 1. The van der Waals surface area contributed by atoms with Crippen LogP contribution in [-0.2, 0) is 13.0 Å². The van der Waals surface area contributed by atoms with Gasteiger partial charge >= 0.3 is 0 Å². The molecule has 0 aliphatic heterocycles. The standard InChI is InChI=1S/C14H16N2O3/c1-9-12(16-19-15-9)8-18-14-7-3-4-10-11(14)5-2-6-13(10)17/h3-4,7,13,17H,2,5-6,8H2,1H3. The Kier molecular flexibility index (Phi) is 3.21. The smallest absolute Gasteiger partial charge is 0.145 e. The molecule has 1 aromatic heterocycles. The van der Waals surface area contributed by atoms with Crippen LogP contribution in [0.1, 0.15) is 41.5 Å². The van der Waals surface area contributed by atoms with Crippen molar-refractivity contribution in [2.75, 3.05) is 0 Å². The Hall–Kier alpha value is -1.88. The van der Waals surface area contributed by atoms with E-state index in [0.717, 1.165) is 41.8 Å². The molecule has 0 bridgehead atoms. The molecule has 0 saturated heterocycles. The van der Waals surface area contributed by atoms with Crippen LogP contribution in [-0.4, -0.2) is 15.4 Å². The number of aromatic nitrogens is 2. The third-order valence-corrected chi connectivity index (χ3v) is 3.54. The number of aliphatic hydroxyl groups excluding tert-OH is 1. The Balaban J connectivity index is 1.82. The van der Waals surface area contributed by atoms with E-state index in [1.54, 1.807) is 0 Å². The van der Waals surface area contributed by atoms with Crippen molar-refractivity contribution in [2.24, 2.45) is 0 Å². The molecule has 1 aliphatic carbocycles. The Morgan fingerprint density at radius 3 is 3.11 bits per heavy atom. The van der Waals surface area contributed by atoms with Gasteiger partial charge in [-0.1, -0.05) is 22.4 Å². The molecular formula is C14H16N2O3. The van der Waals surface area contributed by atoms with Crippen molar-refractivity contribution in [3.05, 3.63) is 40.7 Å². The summed E-state index contributed by atoms with van der Waals surface area (Å²) in [7, 11) is 0. The summed E-state index contributed by atoms with van der Waals surface area (Å²) in [5, 5.41) is 17.5. The fourth-order valence-electron chi connectivity index (χ4n) is 2.45. The molecule has 0 spiro atoms. The van der Waals surface area contributed by atoms with Crippen LogP contribution < -0.4 is 4.74 Å². The average molecular weight is 260 g/mol. The highest BCUT2D eigenvalue weighted by molar-refractivity contribution is 5.42. The zero-order valence-corrected chi connectivity index (χ0v) is 10.8.